The summed E-state index contributed by atoms with van der Waals surface area (Å²) in [6, 6.07) is 12.8. The number of para-hydroxylation sites is 1. The zero-order chi connectivity index (χ0) is 46.5. The van der Waals surface area contributed by atoms with Crippen LogP contribution in [-0.2, 0) is 29.1 Å². The predicted octanol–water partition coefficient (Wildman–Crippen LogP) is 6.46. The fourth-order valence-electron chi connectivity index (χ4n) is 9.18. The Bertz CT molecular complexity index is 2820. The molecule has 3 aromatic heterocycles. The largest absolute Gasteiger partial charge is 0.491 e. The lowest BCUT2D eigenvalue weighted by atomic mass is 9.83. The summed E-state index contributed by atoms with van der Waals surface area (Å²) in [4.78, 5) is 72.6. The van der Waals surface area contributed by atoms with E-state index in [1.807, 2.05) is 62.4 Å². The van der Waals surface area contributed by atoms with Gasteiger partial charge in [0, 0.05) is 23.3 Å². The second-order valence-electron chi connectivity index (χ2n) is 17.9. The summed E-state index contributed by atoms with van der Waals surface area (Å²) in [5, 5.41) is 6.67. The van der Waals surface area contributed by atoms with E-state index < -0.39 is 68.6 Å². The van der Waals surface area contributed by atoms with Gasteiger partial charge in [0.25, 0.3) is 11.8 Å². The van der Waals surface area contributed by atoms with Gasteiger partial charge in [0.15, 0.2) is 11.0 Å². The highest BCUT2D eigenvalue weighted by atomic mass is 32.2. The van der Waals surface area contributed by atoms with E-state index in [1.165, 1.54) is 18.1 Å². The number of carbonyl (C=O) groups is 4. The summed E-state index contributed by atoms with van der Waals surface area (Å²) in [5.41, 5.74) is 0.908. The Morgan fingerprint density at radius 1 is 1.00 bits per heavy atom. The fraction of sp³-hybridized carbons (Fsp3) is 0.468. The summed E-state index contributed by atoms with van der Waals surface area (Å²) in [5.74, 6) is -1.98. The van der Waals surface area contributed by atoms with Gasteiger partial charge in [-0.25, -0.2) is 23.2 Å². The Morgan fingerprint density at radius 2 is 1.74 bits per heavy atom. The molecule has 9 rings (SSSR count). The number of ether oxygens (including phenoxy) is 3. The molecule has 19 heteroatoms. The van der Waals surface area contributed by atoms with E-state index in [2.05, 4.69) is 26.9 Å². The number of likely N-dealkylation sites (tertiary alicyclic amines) is 1. The lowest BCUT2D eigenvalue weighted by Crippen LogP contribution is -2.58. The number of amides is 3. The zero-order valence-corrected chi connectivity index (χ0v) is 38.8. The van der Waals surface area contributed by atoms with Crippen LogP contribution in [0, 0.1) is 18.8 Å². The van der Waals surface area contributed by atoms with Crippen molar-refractivity contribution in [2.75, 3.05) is 19.0 Å². The minimum Gasteiger partial charge on any atom is -0.491 e. The van der Waals surface area contributed by atoms with Crippen LogP contribution in [0.3, 0.4) is 0 Å². The first-order valence-corrected chi connectivity index (χ1v) is 24.8. The summed E-state index contributed by atoms with van der Waals surface area (Å²) >= 11 is 1.09. The zero-order valence-electron chi connectivity index (χ0n) is 37.2. The molecule has 1 aliphatic heterocycles. The molecule has 3 N–H and O–H groups in total. The van der Waals surface area contributed by atoms with Gasteiger partial charge in [-0.1, -0.05) is 48.8 Å². The fourth-order valence-corrected chi connectivity index (χ4v) is 11.5. The van der Waals surface area contributed by atoms with Crippen molar-refractivity contribution in [2.24, 2.45) is 11.8 Å². The Labute approximate surface area is 386 Å². The maximum atomic E-state index is 15.3. The molecule has 2 aromatic carbocycles. The van der Waals surface area contributed by atoms with Crippen molar-refractivity contribution in [3.63, 3.8) is 0 Å². The molecule has 0 radical (unpaired) electrons. The van der Waals surface area contributed by atoms with Gasteiger partial charge in [-0.15, -0.1) is 6.58 Å². The van der Waals surface area contributed by atoms with Crippen LogP contribution in [0.2, 0.25) is 0 Å². The summed E-state index contributed by atoms with van der Waals surface area (Å²) < 4.78 is 52.0. The van der Waals surface area contributed by atoms with Crippen LogP contribution >= 0.6 is 11.3 Å². The lowest BCUT2D eigenvalue weighted by Gasteiger charge is -2.34. The quantitative estimate of drug-likeness (QED) is 0.0714. The number of aryl methyl sites for hydroxylation is 1. The number of rotatable bonds is 16. The number of anilines is 1. The highest BCUT2D eigenvalue weighted by molar-refractivity contribution is 7.91. The van der Waals surface area contributed by atoms with Crippen LogP contribution < -0.4 is 24.8 Å². The number of aromatic nitrogens is 3. The Kier molecular flexibility index (Phi) is 12.3. The van der Waals surface area contributed by atoms with E-state index >= 15 is 4.79 Å². The number of esters is 1. The van der Waals surface area contributed by atoms with Gasteiger partial charge < -0.3 is 34.2 Å². The number of sulfonamides is 1. The monoisotopic (exact) mass is 939 g/mol. The summed E-state index contributed by atoms with van der Waals surface area (Å²) in [6.07, 6.45) is 5.98. The first-order chi connectivity index (χ1) is 31.7. The molecule has 3 saturated carbocycles. The highest BCUT2D eigenvalue weighted by Gasteiger charge is 2.62. The molecule has 4 aliphatic rings. The smallest absolute Gasteiger partial charge is 0.350 e. The van der Waals surface area contributed by atoms with E-state index in [-0.39, 0.29) is 42.9 Å². The van der Waals surface area contributed by atoms with Crippen LogP contribution in [0.4, 0.5) is 5.13 Å². The Morgan fingerprint density at radius 3 is 2.42 bits per heavy atom. The molecule has 5 atom stereocenters. The molecule has 3 aliphatic carbocycles. The minimum atomic E-state index is -3.94. The number of fused-ring (bicyclic) bond motifs is 3. The highest BCUT2D eigenvalue weighted by Crippen LogP contribution is 2.46. The Balaban J connectivity index is 1.07. The van der Waals surface area contributed by atoms with Gasteiger partial charge in [-0.2, -0.15) is 4.98 Å². The molecule has 0 spiro atoms. The van der Waals surface area contributed by atoms with Gasteiger partial charge in [-0.3, -0.25) is 19.1 Å². The van der Waals surface area contributed by atoms with Gasteiger partial charge in [0.05, 0.1) is 30.7 Å². The second-order valence-corrected chi connectivity index (χ2v) is 20.9. The van der Waals surface area contributed by atoms with Gasteiger partial charge in [0.2, 0.25) is 27.4 Å². The maximum absolute atomic E-state index is 15.3. The maximum Gasteiger partial charge on any atom is 0.350 e. The van der Waals surface area contributed by atoms with Crippen molar-refractivity contribution < 1.29 is 46.2 Å². The molecule has 0 unspecified atom stereocenters. The molecular weight excluding hydrogens is 887 g/mol. The minimum absolute atomic E-state index is 0.0169. The molecule has 17 nitrogen and oxygen atoms in total. The molecule has 0 bridgehead atoms. The molecule has 66 heavy (non-hydrogen) atoms. The molecule has 5 aromatic rings. The molecular formula is C47H53N7O10S2. The molecule has 3 amide bonds. The summed E-state index contributed by atoms with van der Waals surface area (Å²) in [7, 11) is -2.65. The SMILES string of the molecule is C=C[C@@H]1C[C@]1(NC(=O)[C@@H]1C[C@@H](Oc2nc(-c3ccc(OC(C)C)cc3)nc3c2oc2ccccc23)CN1C(=O)[C@@H](Nc1nc(C)c(C(=O)OC)s1)C1CCCCC1)C(=O)NS(=O)(=O)C1CC1. The third kappa shape index (κ3) is 8.94. The first kappa shape index (κ1) is 45.1. The van der Waals surface area contributed by atoms with Crippen molar-refractivity contribution in [3.05, 3.63) is 71.8 Å². The number of methoxy groups -OCH3 is 1. The van der Waals surface area contributed by atoms with Crippen LogP contribution in [0.1, 0.15) is 87.0 Å². The average molecular weight is 940 g/mol. The van der Waals surface area contributed by atoms with E-state index in [4.69, 9.17) is 28.6 Å². The van der Waals surface area contributed by atoms with E-state index in [0.717, 1.165) is 48.8 Å². The number of nitrogens with zero attached hydrogens (tertiary/aromatic N) is 4. The predicted molar refractivity (Wildman–Crippen MR) is 246 cm³/mol. The van der Waals surface area contributed by atoms with Crippen molar-refractivity contribution in [1.82, 2.24) is 29.9 Å². The third-order valence-corrected chi connectivity index (χ3v) is 15.8. The van der Waals surface area contributed by atoms with Crippen molar-refractivity contribution in [2.45, 2.75) is 114 Å². The van der Waals surface area contributed by atoms with Crippen LogP contribution in [-0.4, -0.2) is 101 Å². The topological polar surface area (TPSA) is 221 Å². The van der Waals surface area contributed by atoms with Crippen LogP contribution in [0.25, 0.3) is 33.5 Å². The number of hydrogen-bond acceptors (Lipinski definition) is 15. The van der Waals surface area contributed by atoms with Crippen molar-refractivity contribution >= 4 is 72.3 Å². The average Bonchev–Trinajstić information content (AvgIpc) is 4.17. The number of benzene rings is 2. The van der Waals surface area contributed by atoms with Crippen LogP contribution in [0.15, 0.2) is 65.6 Å². The molecule has 4 heterocycles. The number of hydrogen-bond donors (Lipinski definition) is 3. The molecule has 1 saturated heterocycles. The number of thiazole rings is 1. The van der Waals surface area contributed by atoms with Crippen molar-refractivity contribution in [3.8, 4) is 23.0 Å². The van der Waals surface area contributed by atoms with Crippen LogP contribution in [0.5, 0.6) is 11.6 Å². The third-order valence-electron chi connectivity index (χ3n) is 12.9. The normalized spacial score (nSPS) is 22.5. The molecule has 348 valence electrons. The first-order valence-electron chi connectivity index (χ1n) is 22.4. The standard InChI is InChI=1S/C47H53N7O10S2/c1-6-29-23-47(29,45(58)53-66(59,60)32-20-21-32)52-41(55)34-22-31(24-54(34)43(56)36(27-12-8-7-9-13-27)50-46-48-26(4)39(65-46)44(57)61-5)63-42-38-37(33-14-10-11-15-35(33)64-38)49-40(51-42)28-16-18-30(19-17-28)62-25(2)3/h6,10-11,14-19,25,27,29,31-32,34,36H,1,7-9,12-13,20-24H2,2-5H3,(H,48,50)(H,52,55)(H,53,58)/t29-,31-,34+,36+,47-/m1/s1. The van der Waals surface area contributed by atoms with E-state index in [0.29, 0.717) is 56.8 Å². The van der Waals surface area contributed by atoms with Gasteiger partial charge in [-0.05, 0) is 95.2 Å². The number of furan rings is 1. The number of carbonyl (C=O) groups excluding carboxylic acids is 4. The van der Waals surface area contributed by atoms with Gasteiger partial charge in [0.1, 0.15) is 45.5 Å². The molecule has 4 fully saturated rings. The number of nitrogens with one attached hydrogen (secondary N) is 3. The van der Waals surface area contributed by atoms with E-state index in [9.17, 15) is 22.8 Å². The van der Waals surface area contributed by atoms with Gasteiger partial charge >= 0.3 is 5.97 Å². The summed E-state index contributed by atoms with van der Waals surface area (Å²) in [6.45, 7) is 9.37. The lowest BCUT2D eigenvalue weighted by molar-refractivity contribution is -0.141. The Hall–Kier alpha value is -6.08. The van der Waals surface area contributed by atoms with E-state index in [1.54, 1.807) is 6.92 Å². The second kappa shape index (κ2) is 18.0. The van der Waals surface area contributed by atoms with Crippen molar-refractivity contribution in [1.29, 1.82) is 0 Å².